The van der Waals surface area contributed by atoms with Gasteiger partial charge in [-0.15, -0.1) is 0 Å². The maximum absolute atomic E-state index is 12.8. The summed E-state index contributed by atoms with van der Waals surface area (Å²) >= 11 is 0. The number of carbonyl (C=O) groups is 1. The lowest BCUT2D eigenvalue weighted by atomic mass is 10.1. The van der Waals surface area contributed by atoms with E-state index in [0.717, 1.165) is 0 Å². The third-order valence-electron chi connectivity index (χ3n) is 3.00. The van der Waals surface area contributed by atoms with E-state index in [1.807, 2.05) is 0 Å². The van der Waals surface area contributed by atoms with Gasteiger partial charge in [-0.2, -0.15) is 0 Å². The van der Waals surface area contributed by atoms with E-state index in [9.17, 15) is 19.3 Å². The third-order valence-corrected chi connectivity index (χ3v) is 3.00. The lowest BCUT2D eigenvalue weighted by Gasteiger charge is -2.05. The highest BCUT2D eigenvalue weighted by atomic mass is 19.1. The molecule has 0 aromatic heterocycles. The van der Waals surface area contributed by atoms with Gasteiger partial charge in [-0.1, -0.05) is 0 Å². The van der Waals surface area contributed by atoms with Gasteiger partial charge in [0.15, 0.2) is 5.78 Å². The second kappa shape index (κ2) is 7.17. The van der Waals surface area contributed by atoms with Crippen LogP contribution in [0, 0.1) is 15.9 Å². The highest BCUT2D eigenvalue weighted by Gasteiger charge is 2.14. The molecule has 0 bridgehead atoms. The normalized spacial score (nSPS) is 10.5. The average Bonchev–Trinajstić information content (AvgIpc) is 2.55. The number of ketones is 1. The summed E-state index contributed by atoms with van der Waals surface area (Å²) in [6.45, 7) is 0. The first-order valence-electron chi connectivity index (χ1n) is 6.56. The smallest absolute Gasteiger partial charge is 0.296 e. The third kappa shape index (κ3) is 4.13. The van der Waals surface area contributed by atoms with Crippen molar-refractivity contribution in [3.63, 3.8) is 0 Å². The van der Waals surface area contributed by atoms with Crippen molar-refractivity contribution in [2.75, 3.05) is 12.4 Å². The van der Waals surface area contributed by atoms with Crippen LogP contribution in [-0.2, 0) is 0 Å². The Morgan fingerprint density at radius 2 is 1.96 bits per heavy atom. The summed E-state index contributed by atoms with van der Waals surface area (Å²) in [6, 6.07) is 9.40. The molecule has 0 aliphatic carbocycles. The molecule has 0 atom stereocenters. The lowest BCUT2D eigenvalue weighted by Crippen LogP contribution is -1.99. The zero-order valence-corrected chi connectivity index (χ0v) is 12.2. The van der Waals surface area contributed by atoms with Gasteiger partial charge in [-0.3, -0.25) is 14.9 Å². The van der Waals surface area contributed by atoms with Crippen molar-refractivity contribution in [3.8, 4) is 5.75 Å². The van der Waals surface area contributed by atoms with Crippen molar-refractivity contribution in [1.82, 2.24) is 0 Å². The van der Waals surface area contributed by atoms with E-state index in [4.69, 9.17) is 4.74 Å². The monoisotopic (exact) mass is 316 g/mol. The van der Waals surface area contributed by atoms with E-state index in [1.54, 1.807) is 6.07 Å². The van der Waals surface area contributed by atoms with Gasteiger partial charge in [0.05, 0.1) is 18.1 Å². The molecule has 23 heavy (non-hydrogen) atoms. The molecule has 2 rings (SSSR count). The first kappa shape index (κ1) is 16.2. The van der Waals surface area contributed by atoms with Crippen molar-refractivity contribution < 1.29 is 18.8 Å². The summed E-state index contributed by atoms with van der Waals surface area (Å²) in [5.41, 5.74) is 0.357. The zero-order chi connectivity index (χ0) is 16.8. The Balaban J connectivity index is 2.12. The lowest BCUT2D eigenvalue weighted by molar-refractivity contribution is -0.384. The molecule has 0 fully saturated rings. The molecule has 6 nitrogen and oxygen atoms in total. The Kier molecular flexibility index (Phi) is 5.03. The summed E-state index contributed by atoms with van der Waals surface area (Å²) in [5, 5.41) is 13.7. The fourth-order valence-electron chi connectivity index (χ4n) is 1.83. The second-order valence-corrected chi connectivity index (χ2v) is 4.49. The van der Waals surface area contributed by atoms with Crippen LogP contribution in [0.3, 0.4) is 0 Å². The molecular formula is C16H13FN2O4. The van der Waals surface area contributed by atoms with Crippen LogP contribution in [0.5, 0.6) is 5.75 Å². The predicted molar refractivity (Wildman–Crippen MR) is 83.1 cm³/mol. The van der Waals surface area contributed by atoms with Gasteiger partial charge in [0.25, 0.3) is 5.69 Å². The SMILES string of the molecule is COc1ccc(N/C=C\C(=O)c2ccc(F)cc2)c([N+](=O)[O-])c1. The number of halogens is 1. The molecule has 0 unspecified atom stereocenters. The van der Waals surface area contributed by atoms with E-state index in [-0.39, 0.29) is 17.2 Å². The number of ether oxygens (including phenoxy) is 1. The molecule has 118 valence electrons. The van der Waals surface area contributed by atoms with E-state index in [1.165, 1.54) is 55.8 Å². The summed E-state index contributed by atoms with van der Waals surface area (Å²) in [7, 11) is 1.41. The van der Waals surface area contributed by atoms with E-state index in [0.29, 0.717) is 11.3 Å². The number of nitrogens with one attached hydrogen (secondary N) is 1. The minimum absolute atomic E-state index is 0.178. The van der Waals surface area contributed by atoms with Crippen LogP contribution in [0.2, 0.25) is 0 Å². The molecule has 0 saturated heterocycles. The van der Waals surface area contributed by atoms with Crippen LogP contribution in [0.1, 0.15) is 10.4 Å². The number of benzene rings is 2. The van der Waals surface area contributed by atoms with Crippen molar-refractivity contribution in [1.29, 1.82) is 0 Å². The first-order valence-corrected chi connectivity index (χ1v) is 6.56. The fourth-order valence-corrected chi connectivity index (χ4v) is 1.83. The molecule has 0 aliphatic heterocycles. The number of hydrogen-bond donors (Lipinski definition) is 1. The number of hydrogen-bond acceptors (Lipinski definition) is 5. The minimum atomic E-state index is -0.555. The zero-order valence-electron chi connectivity index (χ0n) is 12.2. The van der Waals surface area contributed by atoms with E-state index < -0.39 is 10.7 Å². The number of anilines is 1. The molecular weight excluding hydrogens is 303 g/mol. The number of allylic oxidation sites excluding steroid dienone is 1. The molecule has 1 N–H and O–H groups in total. The highest BCUT2D eigenvalue weighted by Crippen LogP contribution is 2.28. The maximum atomic E-state index is 12.8. The van der Waals surface area contributed by atoms with Gasteiger partial charge in [0, 0.05) is 17.8 Å². The quantitative estimate of drug-likeness (QED) is 0.381. The Morgan fingerprint density at radius 1 is 1.26 bits per heavy atom. The van der Waals surface area contributed by atoms with Gasteiger partial charge >= 0.3 is 0 Å². The van der Waals surface area contributed by atoms with Crippen molar-refractivity contribution in [2.24, 2.45) is 0 Å². The van der Waals surface area contributed by atoms with Crippen LogP contribution in [-0.4, -0.2) is 17.8 Å². The molecule has 0 saturated carbocycles. The largest absolute Gasteiger partial charge is 0.496 e. The number of nitro groups is 1. The Labute approximate surface area is 131 Å². The second-order valence-electron chi connectivity index (χ2n) is 4.49. The topological polar surface area (TPSA) is 81.5 Å². The van der Waals surface area contributed by atoms with Crippen molar-refractivity contribution in [3.05, 3.63) is 76.2 Å². The Hall–Kier alpha value is -3.22. The summed E-state index contributed by atoms with van der Waals surface area (Å²) in [4.78, 5) is 22.3. The average molecular weight is 316 g/mol. The van der Waals surface area contributed by atoms with Gasteiger partial charge in [0.2, 0.25) is 0 Å². The first-order chi connectivity index (χ1) is 11.0. The van der Waals surface area contributed by atoms with Crippen molar-refractivity contribution in [2.45, 2.75) is 0 Å². The predicted octanol–water partition coefficient (Wildman–Crippen LogP) is 3.55. The Morgan fingerprint density at radius 3 is 2.57 bits per heavy atom. The van der Waals surface area contributed by atoms with Crippen LogP contribution in [0.4, 0.5) is 15.8 Å². The van der Waals surface area contributed by atoms with Crippen molar-refractivity contribution >= 4 is 17.2 Å². The fraction of sp³-hybridized carbons (Fsp3) is 0.0625. The number of rotatable bonds is 6. The number of nitro benzene ring substituents is 1. The summed E-state index contributed by atoms with van der Waals surface area (Å²) in [5.74, 6) is -0.431. The molecule has 0 spiro atoms. The summed E-state index contributed by atoms with van der Waals surface area (Å²) < 4.78 is 17.7. The van der Waals surface area contributed by atoms with Gasteiger partial charge < -0.3 is 10.1 Å². The highest BCUT2D eigenvalue weighted by molar-refractivity contribution is 6.04. The molecule has 0 aliphatic rings. The number of methoxy groups -OCH3 is 1. The standard InChI is InChI=1S/C16H13FN2O4/c1-23-13-6-7-14(15(10-13)19(21)22)18-9-8-16(20)11-2-4-12(17)5-3-11/h2-10,18H,1H3/b9-8-. The molecule has 0 heterocycles. The van der Waals surface area contributed by atoms with Crippen LogP contribution < -0.4 is 10.1 Å². The molecule has 0 amide bonds. The van der Waals surface area contributed by atoms with Crippen LogP contribution >= 0.6 is 0 Å². The molecule has 0 radical (unpaired) electrons. The van der Waals surface area contributed by atoms with E-state index in [2.05, 4.69) is 5.32 Å². The van der Waals surface area contributed by atoms with Crippen LogP contribution in [0.15, 0.2) is 54.7 Å². The Bertz CT molecular complexity index is 757. The van der Waals surface area contributed by atoms with Crippen LogP contribution in [0.25, 0.3) is 0 Å². The van der Waals surface area contributed by atoms with E-state index >= 15 is 0 Å². The molecule has 2 aromatic rings. The number of nitrogens with zero attached hydrogens (tertiary/aromatic N) is 1. The van der Waals surface area contributed by atoms with Gasteiger partial charge in [-0.25, -0.2) is 4.39 Å². The number of carbonyl (C=O) groups excluding carboxylic acids is 1. The maximum Gasteiger partial charge on any atom is 0.296 e. The van der Waals surface area contributed by atoms with Gasteiger partial charge in [-0.05, 0) is 36.4 Å². The minimum Gasteiger partial charge on any atom is -0.496 e. The molecule has 7 heteroatoms. The molecule has 2 aromatic carbocycles. The van der Waals surface area contributed by atoms with Gasteiger partial charge in [0.1, 0.15) is 17.3 Å². The summed E-state index contributed by atoms with van der Waals surface area (Å²) in [6.07, 6.45) is 2.50.